The summed E-state index contributed by atoms with van der Waals surface area (Å²) in [5, 5.41) is 0. The molecular formula is C17H22N4O2. The maximum absolute atomic E-state index is 11.3. The lowest BCUT2D eigenvalue weighted by Crippen LogP contribution is -2.42. The molecule has 0 aliphatic carbocycles. The minimum Gasteiger partial charge on any atom is -0.376 e. The number of ether oxygens (including phenoxy) is 1. The molecule has 0 saturated carbocycles. The summed E-state index contributed by atoms with van der Waals surface area (Å²) in [6, 6.07) is 3.60. The van der Waals surface area contributed by atoms with E-state index in [1.807, 2.05) is 18.5 Å². The van der Waals surface area contributed by atoms with Gasteiger partial charge in [-0.25, -0.2) is 4.98 Å². The molecule has 3 heterocycles. The normalized spacial score (nSPS) is 18.9. The Kier molecular flexibility index (Phi) is 5.15. The summed E-state index contributed by atoms with van der Waals surface area (Å²) in [7, 11) is 0. The van der Waals surface area contributed by atoms with Crippen LogP contribution in [0.25, 0.3) is 0 Å². The van der Waals surface area contributed by atoms with Gasteiger partial charge in [-0.3, -0.25) is 14.7 Å². The van der Waals surface area contributed by atoms with Crippen LogP contribution in [0, 0.1) is 6.92 Å². The number of H-pyrrole nitrogens is 1. The van der Waals surface area contributed by atoms with E-state index in [2.05, 4.69) is 26.8 Å². The molecule has 1 aliphatic rings. The van der Waals surface area contributed by atoms with Crippen molar-refractivity contribution >= 4 is 0 Å². The van der Waals surface area contributed by atoms with E-state index in [0.29, 0.717) is 0 Å². The molecule has 0 unspecified atom stereocenters. The average molecular weight is 314 g/mol. The fourth-order valence-electron chi connectivity index (χ4n) is 2.86. The fraction of sp³-hybridized carbons (Fsp3) is 0.471. The van der Waals surface area contributed by atoms with Gasteiger partial charge < -0.3 is 9.72 Å². The number of aromatic amines is 1. The van der Waals surface area contributed by atoms with E-state index in [0.717, 1.165) is 44.8 Å². The molecule has 1 atom stereocenters. The van der Waals surface area contributed by atoms with Crippen molar-refractivity contribution in [3.8, 4) is 0 Å². The van der Waals surface area contributed by atoms with Crippen molar-refractivity contribution in [2.75, 3.05) is 19.7 Å². The SMILES string of the molecule is Cc1ccncc1CN1CCO[C@H](CCc2cc(=O)[nH]cn2)C1. The van der Waals surface area contributed by atoms with Gasteiger partial charge in [-0.15, -0.1) is 0 Å². The van der Waals surface area contributed by atoms with Crippen LogP contribution in [0.2, 0.25) is 0 Å². The number of nitrogens with zero attached hydrogens (tertiary/aromatic N) is 3. The number of aryl methyl sites for hydroxylation is 2. The summed E-state index contributed by atoms with van der Waals surface area (Å²) < 4.78 is 5.86. The first-order valence-electron chi connectivity index (χ1n) is 7.98. The number of hydrogen-bond donors (Lipinski definition) is 1. The quantitative estimate of drug-likeness (QED) is 0.901. The van der Waals surface area contributed by atoms with E-state index in [9.17, 15) is 4.79 Å². The van der Waals surface area contributed by atoms with Crippen LogP contribution in [0.15, 0.2) is 35.6 Å². The van der Waals surface area contributed by atoms with Gasteiger partial charge in [0.05, 0.1) is 19.0 Å². The van der Waals surface area contributed by atoms with Gasteiger partial charge >= 0.3 is 0 Å². The fourth-order valence-corrected chi connectivity index (χ4v) is 2.86. The van der Waals surface area contributed by atoms with E-state index in [1.54, 1.807) is 6.07 Å². The topological polar surface area (TPSA) is 71.1 Å². The molecule has 0 amide bonds. The summed E-state index contributed by atoms with van der Waals surface area (Å²) in [6.45, 7) is 5.61. The molecule has 6 heteroatoms. The number of hydrogen-bond acceptors (Lipinski definition) is 5. The number of morpholine rings is 1. The number of aromatic nitrogens is 3. The van der Waals surface area contributed by atoms with Crippen molar-refractivity contribution in [1.29, 1.82) is 0 Å². The van der Waals surface area contributed by atoms with Crippen molar-refractivity contribution < 1.29 is 4.74 Å². The number of pyridine rings is 1. The Morgan fingerprint density at radius 3 is 3.22 bits per heavy atom. The second-order valence-corrected chi connectivity index (χ2v) is 5.97. The Labute approximate surface area is 135 Å². The molecule has 23 heavy (non-hydrogen) atoms. The Bertz CT molecular complexity index is 701. The molecule has 1 aliphatic heterocycles. The molecule has 2 aromatic rings. The summed E-state index contributed by atoms with van der Waals surface area (Å²) in [5.74, 6) is 0. The smallest absolute Gasteiger partial charge is 0.250 e. The van der Waals surface area contributed by atoms with Crippen LogP contribution in [-0.4, -0.2) is 45.7 Å². The summed E-state index contributed by atoms with van der Waals surface area (Å²) in [5.41, 5.74) is 3.26. The number of rotatable bonds is 5. The monoisotopic (exact) mass is 314 g/mol. The van der Waals surface area contributed by atoms with Gasteiger partial charge in [0.15, 0.2) is 0 Å². The van der Waals surface area contributed by atoms with Gasteiger partial charge in [-0.1, -0.05) is 0 Å². The minimum atomic E-state index is -0.103. The lowest BCUT2D eigenvalue weighted by atomic mass is 10.1. The largest absolute Gasteiger partial charge is 0.376 e. The summed E-state index contributed by atoms with van der Waals surface area (Å²) in [4.78, 5) is 24.6. The Hall–Kier alpha value is -2.05. The van der Waals surface area contributed by atoms with Gasteiger partial charge in [-0.2, -0.15) is 0 Å². The summed E-state index contributed by atoms with van der Waals surface area (Å²) in [6.07, 6.45) is 7.04. The van der Waals surface area contributed by atoms with E-state index >= 15 is 0 Å². The van der Waals surface area contributed by atoms with E-state index < -0.39 is 0 Å². The number of nitrogens with one attached hydrogen (secondary N) is 1. The van der Waals surface area contributed by atoms with Crippen LogP contribution in [0.1, 0.15) is 23.2 Å². The van der Waals surface area contributed by atoms with E-state index in [1.165, 1.54) is 17.5 Å². The van der Waals surface area contributed by atoms with E-state index in [4.69, 9.17) is 4.74 Å². The molecule has 6 nitrogen and oxygen atoms in total. The molecule has 0 aromatic carbocycles. The van der Waals surface area contributed by atoms with Gasteiger partial charge in [0, 0.05) is 43.8 Å². The lowest BCUT2D eigenvalue weighted by molar-refractivity contribution is -0.0347. The van der Waals surface area contributed by atoms with Crippen LogP contribution in [-0.2, 0) is 17.7 Å². The van der Waals surface area contributed by atoms with Crippen LogP contribution in [0.3, 0.4) is 0 Å². The zero-order valence-electron chi connectivity index (χ0n) is 13.4. The molecule has 2 aromatic heterocycles. The summed E-state index contributed by atoms with van der Waals surface area (Å²) >= 11 is 0. The second kappa shape index (κ2) is 7.48. The molecule has 1 N–H and O–H groups in total. The zero-order valence-corrected chi connectivity index (χ0v) is 13.4. The van der Waals surface area contributed by atoms with Crippen molar-refractivity contribution in [1.82, 2.24) is 19.9 Å². The molecule has 0 bridgehead atoms. The molecule has 0 spiro atoms. The maximum Gasteiger partial charge on any atom is 0.250 e. The molecule has 3 rings (SSSR count). The van der Waals surface area contributed by atoms with E-state index in [-0.39, 0.29) is 11.7 Å². The highest BCUT2D eigenvalue weighted by molar-refractivity contribution is 5.21. The first-order valence-corrected chi connectivity index (χ1v) is 7.98. The third kappa shape index (κ3) is 4.46. The predicted octanol–water partition coefficient (Wildman–Crippen LogP) is 1.31. The highest BCUT2D eigenvalue weighted by Crippen LogP contribution is 2.15. The Morgan fingerprint density at radius 2 is 2.39 bits per heavy atom. The molecule has 122 valence electrons. The van der Waals surface area contributed by atoms with Crippen molar-refractivity contribution in [2.45, 2.75) is 32.4 Å². The van der Waals surface area contributed by atoms with Crippen LogP contribution in [0.5, 0.6) is 0 Å². The van der Waals surface area contributed by atoms with Crippen LogP contribution < -0.4 is 5.56 Å². The molecular weight excluding hydrogens is 292 g/mol. The highest BCUT2D eigenvalue weighted by atomic mass is 16.5. The van der Waals surface area contributed by atoms with Gasteiger partial charge in [-0.05, 0) is 37.0 Å². The molecule has 1 fully saturated rings. The maximum atomic E-state index is 11.3. The zero-order chi connectivity index (χ0) is 16.1. The van der Waals surface area contributed by atoms with Crippen LogP contribution in [0.4, 0.5) is 0 Å². The van der Waals surface area contributed by atoms with Crippen LogP contribution >= 0.6 is 0 Å². The standard InChI is InChI=1S/C17H22N4O2/c1-13-4-5-18-9-14(13)10-21-6-7-23-16(11-21)3-2-15-8-17(22)20-12-19-15/h4-5,8-9,12,16H,2-3,6-7,10-11H2,1H3,(H,19,20,22)/t16-/m1/s1. The second-order valence-electron chi connectivity index (χ2n) is 5.97. The highest BCUT2D eigenvalue weighted by Gasteiger charge is 2.21. The molecule has 1 saturated heterocycles. The third-order valence-corrected chi connectivity index (χ3v) is 4.22. The van der Waals surface area contributed by atoms with Gasteiger partial charge in [0.25, 0.3) is 5.56 Å². The van der Waals surface area contributed by atoms with Crippen molar-refractivity contribution in [2.24, 2.45) is 0 Å². The van der Waals surface area contributed by atoms with Gasteiger partial charge in [0.2, 0.25) is 0 Å². The average Bonchev–Trinajstić information content (AvgIpc) is 2.56. The molecule has 0 radical (unpaired) electrons. The lowest BCUT2D eigenvalue weighted by Gasteiger charge is -2.33. The Morgan fingerprint density at radius 1 is 1.48 bits per heavy atom. The third-order valence-electron chi connectivity index (χ3n) is 4.22. The minimum absolute atomic E-state index is 0.103. The van der Waals surface area contributed by atoms with Crippen molar-refractivity contribution in [3.63, 3.8) is 0 Å². The first-order chi connectivity index (χ1) is 11.2. The first kappa shape index (κ1) is 15.8. The Balaban J connectivity index is 1.54. The van der Waals surface area contributed by atoms with Gasteiger partial charge in [0.1, 0.15) is 0 Å². The predicted molar refractivity (Wildman–Crippen MR) is 87.2 cm³/mol. The van der Waals surface area contributed by atoms with Crippen molar-refractivity contribution in [3.05, 3.63) is 58.0 Å².